The van der Waals surface area contributed by atoms with Gasteiger partial charge in [-0.05, 0) is 24.0 Å². The second kappa shape index (κ2) is 9.50. The third-order valence-electron chi connectivity index (χ3n) is 4.62. The molecule has 0 saturated carbocycles. The number of ether oxygens (including phenoxy) is 2. The van der Waals surface area contributed by atoms with E-state index in [1.54, 1.807) is 4.90 Å². The first kappa shape index (κ1) is 19.4. The monoisotopic (exact) mass is 370 g/mol. The molecule has 1 amide bonds. The summed E-state index contributed by atoms with van der Waals surface area (Å²) in [4.78, 5) is 14.3. The minimum absolute atomic E-state index is 0.212. The van der Waals surface area contributed by atoms with E-state index in [1.807, 2.05) is 60.7 Å². The molecule has 0 spiro atoms. The van der Waals surface area contributed by atoms with Crippen LogP contribution in [0.2, 0.25) is 0 Å². The van der Waals surface area contributed by atoms with Crippen LogP contribution in [-0.4, -0.2) is 41.1 Å². The van der Waals surface area contributed by atoms with E-state index in [2.05, 4.69) is 0 Å². The quantitative estimate of drug-likeness (QED) is 0.817. The highest BCUT2D eigenvalue weighted by atomic mass is 16.6. The standard InChI is InChI=1S/C21H26N2O4/c22-19-12-11-18(27-20(19)24)14-23(13-16-7-3-1-4-8-16)21(25)26-15-17-9-5-2-6-10-17/h1-10,18-20,24H,11-15,22H2/t18-,19?,20?/m0/s1. The van der Waals surface area contributed by atoms with Gasteiger partial charge in [-0.2, -0.15) is 0 Å². The van der Waals surface area contributed by atoms with Crippen LogP contribution in [0.25, 0.3) is 0 Å². The highest BCUT2D eigenvalue weighted by Crippen LogP contribution is 2.19. The van der Waals surface area contributed by atoms with Gasteiger partial charge >= 0.3 is 6.09 Å². The van der Waals surface area contributed by atoms with Crippen molar-refractivity contribution in [3.05, 3.63) is 71.8 Å². The number of nitrogens with zero attached hydrogens (tertiary/aromatic N) is 1. The van der Waals surface area contributed by atoms with E-state index in [9.17, 15) is 9.90 Å². The number of hydrogen-bond acceptors (Lipinski definition) is 5. The lowest BCUT2D eigenvalue weighted by Crippen LogP contribution is -2.48. The highest BCUT2D eigenvalue weighted by Gasteiger charge is 2.30. The smallest absolute Gasteiger partial charge is 0.410 e. The molecule has 6 nitrogen and oxygen atoms in total. The minimum atomic E-state index is -0.998. The first-order valence-electron chi connectivity index (χ1n) is 9.20. The molecule has 1 saturated heterocycles. The van der Waals surface area contributed by atoms with Crippen molar-refractivity contribution >= 4 is 6.09 Å². The zero-order valence-electron chi connectivity index (χ0n) is 15.2. The maximum absolute atomic E-state index is 12.7. The molecule has 1 heterocycles. The average Bonchev–Trinajstić information content (AvgIpc) is 2.70. The van der Waals surface area contributed by atoms with Gasteiger partial charge in [-0.1, -0.05) is 60.7 Å². The molecular formula is C21H26N2O4. The third-order valence-corrected chi connectivity index (χ3v) is 4.62. The van der Waals surface area contributed by atoms with Crippen LogP contribution < -0.4 is 5.73 Å². The molecule has 27 heavy (non-hydrogen) atoms. The Kier molecular flexibility index (Phi) is 6.81. The topological polar surface area (TPSA) is 85.0 Å². The fourth-order valence-corrected chi connectivity index (χ4v) is 3.09. The summed E-state index contributed by atoms with van der Waals surface area (Å²) < 4.78 is 11.1. The number of aliphatic hydroxyl groups is 1. The largest absolute Gasteiger partial charge is 0.445 e. The Balaban J connectivity index is 1.64. The van der Waals surface area contributed by atoms with Crippen molar-refractivity contribution < 1.29 is 19.4 Å². The first-order chi connectivity index (χ1) is 13.1. The van der Waals surface area contributed by atoms with E-state index >= 15 is 0 Å². The van der Waals surface area contributed by atoms with Crippen LogP contribution in [-0.2, 0) is 22.6 Å². The van der Waals surface area contributed by atoms with Gasteiger partial charge in [0.1, 0.15) is 6.61 Å². The Bertz CT molecular complexity index is 711. The van der Waals surface area contributed by atoms with Gasteiger partial charge in [0.15, 0.2) is 6.29 Å². The predicted molar refractivity (Wildman–Crippen MR) is 102 cm³/mol. The zero-order valence-corrected chi connectivity index (χ0v) is 15.2. The van der Waals surface area contributed by atoms with Gasteiger partial charge < -0.3 is 25.2 Å². The molecule has 0 aliphatic carbocycles. The molecule has 2 unspecified atom stereocenters. The Morgan fingerprint density at radius 1 is 1.07 bits per heavy atom. The van der Waals surface area contributed by atoms with Crippen molar-refractivity contribution in [2.24, 2.45) is 5.73 Å². The molecule has 0 aromatic heterocycles. The maximum atomic E-state index is 12.7. The molecule has 3 atom stereocenters. The fourth-order valence-electron chi connectivity index (χ4n) is 3.09. The molecule has 2 aromatic rings. The first-order valence-corrected chi connectivity index (χ1v) is 9.20. The summed E-state index contributed by atoms with van der Waals surface area (Å²) in [5.74, 6) is 0. The van der Waals surface area contributed by atoms with Gasteiger partial charge in [0.05, 0.1) is 18.7 Å². The fraction of sp³-hybridized carbons (Fsp3) is 0.381. The van der Waals surface area contributed by atoms with E-state index in [-0.39, 0.29) is 18.8 Å². The van der Waals surface area contributed by atoms with Crippen LogP contribution in [0.3, 0.4) is 0 Å². The summed E-state index contributed by atoms with van der Waals surface area (Å²) >= 11 is 0. The molecule has 6 heteroatoms. The van der Waals surface area contributed by atoms with Crippen LogP contribution in [0.4, 0.5) is 4.79 Å². The van der Waals surface area contributed by atoms with Gasteiger partial charge in [-0.15, -0.1) is 0 Å². The van der Waals surface area contributed by atoms with E-state index in [0.29, 0.717) is 25.9 Å². The molecule has 1 aliphatic heterocycles. The molecule has 0 radical (unpaired) electrons. The summed E-state index contributed by atoms with van der Waals surface area (Å²) in [5, 5.41) is 9.86. The number of rotatable bonds is 6. The summed E-state index contributed by atoms with van der Waals surface area (Å²) in [5.41, 5.74) is 7.72. The molecule has 1 aliphatic rings. The number of benzene rings is 2. The molecule has 3 N–H and O–H groups in total. The van der Waals surface area contributed by atoms with Crippen molar-refractivity contribution in [1.29, 1.82) is 0 Å². The Hall–Kier alpha value is -2.41. The Morgan fingerprint density at radius 2 is 1.70 bits per heavy atom. The summed E-state index contributed by atoms with van der Waals surface area (Å²) in [6.07, 6.45) is -0.328. The Labute approximate surface area is 159 Å². The molecule has 3 rings (SSSR count). The zero-order chi connectivity index (χ0) is 19.1. The second-order valence-electron chi connectivity index (χ2n) is 6.80. The van der Waals surface area contributed by atoms with Gasteiger partial charge in [0.25, 0.3) is 0 Å². The number of carbonyl (C=O) groups excluding carboxylic acids is 1. The normalized spacial score (nSPS) is 22.2. The molecule has 2 aromatic carbocycles. The van der Waals surface area contributed by atoms with E-state index in [0.717, 1.165) is 11.1 Å². The van der Waals surface area contributed by atoms with Crippen molar-refractivity contribution in [2.45, 2.75) is 44.4 Å². The van der Waals surface area contributed by atoms with Gasteiger partial charge in [0.2, 0.25) is 0 Å². The van der Waals surface area contributed by atoms with E-state index in [1.165, 1.54) is 0 Å². The number of aliphatic hydroxyl groups excluding tert-OH is 1. The molecule has 144 valence electrons. The van der Waals surface area contributed by atoms with Crippen molar-refractivity contribution in [3.63, 3.8) is 0 Å². The van der Waals surface area contributed by atoms with Gasteiger partial charge in [-0.25, -0.2) is 4.79 Å². The lowest BCUT2D eigenvalue weighted by atomic mass is 10.0. The maximum Gasteiger partial charge on any atom is 0.410 e. The molecular weight excluding hydrogens is 344 g/mol. The lowest BCUT2D eigenvalue weighted by molar-refractivity contribution is -0.176. The molecule has 1 fully saturated rings. The van der Waals surface area contributed by atoms with Crippen molar-refractivity contribution in [1.82, 2.24) is 4.90 Å². The summed E-state index contributed by atoms with van der Waals surface area (Å²) in [7, 11) is 0. The van der Waals surface area contributed by atoms with Crippen LogP contribution in [0.1, 0.15) is 24.0 Å². The number of amides is 1. The van der Waals surface area contributed by atoms with Gasteiger partial charge in [0, 0.05) is 6.54 Å². The SMILES string of the molecule is NC1CC[C@@H](CN(Cc2ccccc2)C(=O)OCc2ccccc2)OC1O. The average molecular weight is 370 g/mol. The molecule has 0 bridgehead atoms. The predicted octanol–water partition coefficient (Wildman–Crippen LogP) is 2.65. The minimum Gasteiger partial charge on any atom is -0.445 e. The van der Waals surface area contributed by atoms with Crippen molar-refractivity contribution in [3.8, 4) is 0 Å². The number of nitrogens with two attached hydrogens (primary N) is 1. The Morgan fingerprint density at radius 3 is 2.33 bits per heavy atom. The third kappa shape index (κ3) is 5.79. The van der Waals surface area contributed by atoms with Crippen LogP contribution in [0.15, 0.2) is 60.7 Å². The summed E-state index contributed by atoms with van der Waals surface area (Å²) in [6.45, 7) is 0.965. The summed E-state index contributed by atoms with van der Waals surface area (Å²) in [6, 6.07) is 18.9. The lowest BCUT2D eigenvalue weighted by Gasteiger charge is -2.34. The second-order valence-corrected chi connectivity index (χ2v) is 6.80. The van der Waals surface area contributed by atoms with Crippen LogP contribution in [0.5, 0.6) is 0 Å². The number of hydrogen-bond donors (Lipinski definition) is 2. The van der Waals surface area contributed by atoms with E-state index < -0.39 is 12.4 Å². The van der Waals surface area contributed by atoms with E-state index in [4.69, 9.17) is 15.2 Å². The highest BCUT2D eigenvalue weighted by molar-refractivity contribution is 5.67. The van der Waals surface area contributed by atoms with Gasteiger partial charge in [-0.3, -0.25) is 0 Å². The number of carbonyl (C=O) groups is 1. The van der Waals surface area contributed by atoms with Crippen LogP contribution in [0, 0.1) is 0 Å². The van der Waals surface area contributed by atoms with Crippen LogP contribution >= 0.6 is 0 Å². The van der Waals surface area contributed by atoms with Crippen molar-refractivity contribution in [2.75, 3.05) is 6.54 Å².